The molecular formula is C16H27ClN2O6Si. The van der Waals surface area contributed by atoms with Gasteiger partial charge in [0, 0.05) is 12.3 Å². The lowest BCUT2D eigenvalue weighted by molar-refractivity contribution is -0.147. The molecule has 0 spiro atoms. The van der Waals surface area contributed by atoms with Crippen LogP contribution >= 0.6 is 11.6 Å². The summed E-state index contributed by atoms with van der Waals surface area (Å²) >= 11 is 6.30. The molecule has 0 amide bonds. The smallest absolute Gasteiger partial charge is 0.330 e. The summed E-state index contributed by atoms with van der Waals surface area (Å²) in [5.41, 5.74) is -2.72. The van der Waals surface area contributed by atoms with Gasteiger partial charge in [0.2, 0.25) is 0 Å². The van der Waals surface area contributed by atoms with E-state index in [4.69, 9.17) is 20.8 Å². The molecule has 148 valence electrons. The average Bonchev–Trinajstić information content (AvgIpc) is 2.78. The first-order valence-electron chi connectivity index (χ1n) is 8.41. The van der Waals surface area contributed by atoms with Crippen molar-refractivity contribution in [1.82, 2.24) is 9.55 Å². The van der Waals surface area contributed by atoms with E-state index in [0.717, 1.165) is 10.6 Å². The van der Waals surface area contributed by atoms with Crippen LogP contribution in [0.4, 0.5) is 0 Å². The minimum Gasteiger partial charge on any atom is -0.414 e. The number of hydrogen-bond acceptors (Lipinski definition) is 6. The van der Waals surface area contributed by atoms with Gasteiger partial charge in [0.15, 0.2) is 14.5 Å². The van der Waals surface area contributed by atoms with E-state index < -0.39 is 49.5 Å². The van der Waals surface area contributed by atoms with Crippen LogP contribution < -0.4 is 11.2 Å². The molecule has 1 aromatic heterocycles. The first-order chi connectivity index (χ1) is 11.8. The molecular weight excluding hydrogens is 380 g/mol. The zero-order valence-corrected chi connectivity index (χ0v) is 17.4. The van der Waals surface area contributed by atoms with Gasteiger partial charge in [-0.15, -0.1) is 11.6 Å². The van der Waals surface area contributed by atoms with Crippen molar-refractivity contribution in [2.75, 3.05) is 13.2 Å². The number of ether oxygens (including phenoxy) is 1. The molecule has 4 atom stereocenters. The first-order valence-corrected chi connectivity index (χ1v) is 11.8. The summed E-state index contributed by atoms with van der Waals surface area (Å²) < 4.78 is 13.0. The zero-order chi connectivity index (χ0) is 19.9. The minimum absolute atomic E-state index is 0.0566. The summed E-state index contributed by atoms with van der Waals surface area (Å²) in [6, 6.07) is 1.16. The predicted molar refractivity (Wildman–Crippen MR) is 100 cm³/mol. The summed E-state index contributed by atoms with van der Waals surface area (Å²) in [5, 5.41) is 19.5. The summed E-state index contributed by atoms with van der Waals surface area (Å²) in [6.07, 6.45) is -1.07. The Hall–Kier alpha value is -0.973. The molecule has 0 aromatic carbocycles. The Morgan fingerprint density at radius 2 is 2.04 bits per heavy atom. The molecule has 1 fully saturated rings. The Labute approximate surface area is 157 Å². The number of aromatic amines is 1. The Kier molecular flexibility index (Phi) is 5.92. The summed E-state index contributed by atoms with van der Waals surface area (Å²) in [5.74, 6) is 0. The second-order valence-electron chi connectivity index (χ2n) is 8.19. The number of rotatable bonds is 5. The number of aliphatic hydroxyl groups is 2. The standard InChI is InChI=1S/C16H27ClN2O6Si/c1-15(2,3)26(4,5)24-9-16(8-20)12(22)11(17)13(25-16)19-7-6-10(21)18-14(19)23/h6-7,11-13,20,22H,8-9H2,1-5H3,(H,18,21,23)/t11-,12+,13-,16+/m1/s1. The molecule has 1 aliphatic rings. The molecule has 1 saturated heterocycles. The van der Waals surface area contributed by atoms with Gasteiger partial charge in [-0.1, -0.05) is 20.8 Å². The first kappa shape index (κ1) is 21.3. The van der Waals surface area contributed by atoms with Crippen LogP contribution in [0.5, 0.6) is 0 Å². The van der Waals surface area contributed by atoms with Crippen molar-refractivity contribution in [3.63, 3.8) is 0 Å². The molecule has 2 heterocycles. The maximum absolute atomic E-state index is 12.0. The van der Waals surface area contributed by atoms with Gasteiger partial charge < -0.3 is 19.4 Å². The predicted octanol–water partition coefficient (Wildman–Crippen LogP) is 0.787. The van der Waals surface area contributed by atoms with Crippen molar-refractivity contribution < 1.29 is 19.4 Å². The summed E-state index contributed by atoms with van der Waals surface area (Å²) in [4.78, 5) is 25.4. The van der Waals surface area contributed by atoms with E-state index in [-0.39, 0.29) is 11.6 Å². The fourth-order valence-electron chi connectivity index (χ4n) is 2.47. The van der Waals surface area contributed by atoms with E-state index in [1.807, 2.05) is 13.1 Å². The molecule has 1 aromatic rings. The maximum Gasteiger partial charge on any atom is 0.330 e. The van der Waals surface area contributed by atoms with Crippen molar-refractivity contribution in [2.24, 2.45) is 0 Å². The van der Waals surface area contributed by atoms with Gasteiger partial charge in [-0.3, -0.25) is 14.3 Å². The number of halogens is 1. The molecule has 3 N–H and O–H groups in total. The quantitative estimate of drug-likeness (QED) is 0.492. The number of alkyl halides is 1. The highest BCUT2D eigenvalue weighted by Crippen LogP contribution is 2.42. The van der Waals surface area contributed by atoms with Crippen LogP contribution in [0.3, 0.4) is 0 Å². The maximum atomic E-state index is 12.0. The van der Waals surface area contributed by atoms with E-state index >= 15 is 0 Å². The molecule has 26 heavy (non-hydrogen) atoms. The molecule has 0 bridgehead atoms. The van der Waals surface area contributed by atoms with E-state index in [1.54, 1.807) is 0 Å². The van der Waals surface area contributed by atoms with Crippen LogP contribution in [0.2, 0.25) is 18.1 Å². The monoisotopic (exact) mass is 406 g/mol. The van der Waals surface area contributed by atoms with Gasteiger partial charge >= 0.3 is 5.69 Å². The highest BCUT2D eigenvalue weighted by Gasteiger charge is 2.56. The highest BCUT2D eigenvalue weighted by molar-refractivity contribution is 6.74. The van der Waals surface area contributed by atoms with Crippen molar-refractivity contribution in [2.45, 2.75) is 62.2 Å². The van der Waals surface area contributed by atoms with Crippen LogP contribution in [-0.2, 0) is 9.16 Å². The molecule has 0 aliphatic carbocycles. The van der Waals surface area contributed by atoms with Gasteiger partial charge in [-0.05, 0) is 18.1 Å². The van der Waals surface area contributed by atoms with E-state index in [2.05, 4.69) is 25.8 Å². The fraction of sp³-hybridized carbons (Fsp3) is 0.750. The third kappa shape index (κ3) is 3.83. The number of aromatic nitrogens is 2. The normalized spacial score (nSPS) is 29.9. The Morgan fingerprint density at radius 3 is 2.54 bits per heavy atom. The molecule has 0 radical (unpaired) electrons. The minimum atomic E-state index is -2.17. The number of hydrogen-bond donors (Lipinski definition) is 3. The molecule has 1 aliphatic heterocycles. The summed E-state index contributed by atoms with van der Waals surface area (Å²) in [7, 11) is -2.17. The van der Waals surface area contributed by atoms with E-state index in [9.17, 15) is 19.8 Å². The zero-order valence-electron chi connectivity index (χ0n) is 15.7. The second kappa shape index (κ2) is 7.21. The van der Waals surface area contributed by atoms with E-state index in [0.29, 0.717) is 0 Å². The molecule has 0 saturated carbocycles. The number of H-pyrrole nitrogens is 1. The average molecular weight is 407 g/mol. The lowest BCUT2D eigenvalue weighted by Crippen LogP contribution is -2.53. The van der Waals surface area contributed by atoms with Crippen molar-refractivity contribution in [1.29, 1.82) is 0 Å². The van der Waals surface area contributed by atoms with Crippen molar-refractivity contribution in [3.8, 4) is 0 Å². The number of nitrogens with zero attached hydrogens (tertiary/aromatic N) is 1. The molecule has 2 rings (SSSR count). The number of aliphatic hydroxyl groups excluding tert-OH is 2. The van der Waals surface area contributed by atoms with Gasteiger partial charge in [-0.25, -0.2) is 4.79 Å². The van der Waals surface area contributed by atoms with Crippen molar-refractivity contribution >= 4 is 19.9 Å². The lowest BCUT2D eigenvalue weighted by Gasteiger charge is -2.40. The van der Waals surface area contributed by atoms with Gasteiger partial charge in [0.05, 0.1) is 13.2 Å². The Bertz CT molecular complexity index is 758. The largest absolute Gasteiger partial charge is 0.414 e. The Morgan fingerprint density at radius 1 is 1.42 bits per heavy atom. The third-order valence-electron chi connectivity index (χ3n) is 5.34. The number of nitrogens with one attached hydrogen (secondary N) is 1. The van der Waals surface area contributed by atoms with Crippen LogP contribution in [0.1, 0.15) is 27.0 Å². The third-order valence-corrected chi connectivity index (χ3v) is 10.3. The van der Waals surface area contributed by atoms with Crippen LogP contribution in [0.25, 0.3) is 0 Å². The Balaban J connectivity index is 2.30. The van der Waals surface area contributed by atoms with E-state index in [1.165, 1.54) is 6.20 Å². The van der Waals surface area contributed by atoms with Crippen LogP contribution in [0.15, 0.2) is 21.9 Å². The van der Waals surface area contributed by atoms with Crippen molar-refractivity contribution in [3.05, 3.63) is 33.1 Å². The summed E-state index contributed by atoms with van der Waals surface area (Å²) in [6.45, 7) is 9.72. The highest BCUT2D eigenvalue weighted by atomic mass is 35.5. The molecule has 8 nitrogen and oxygen atoms in total. The van der Waals surface area contributed by atoms with Gasteiger partial charge in [0.25, 0.3) is 5.56 Å². The van der Waals surface area contributed by atoms with Gasteiger partial charge in [0.1, 0.15) is 17.1 Å². The fourth-order valence-corrected chi connectivity index (χ4v) is 3.91. The molecule has 10 heteroatoms. The molecule has 0 unspecified atom stereocenters. The second-order valence-corrected chi connectivity index (χ2v) is 13.5. The lowest BCUT2D eigenvalue weighted by atomic mass is 9.99. The van der Waals surface area contributed by atoms with Gasteiger partial charge in [-0.2, -0.15) is 0 Å². The van der Waals surface area contributed by atoms with Crippen LogP contribution in [-0.4, -0.2) is 58.4 Å². The SMILES string of the molecule is CC(C)(C)[Si](C)(C)OC[C@]1(CO)O[C@@H](n2ccc(=O)[nH]c2=O)[C@H](Cl)[C@@H]1O. The van der Waals surface area contributed by atoms with Crippen LogP contribution in [0, 0.1) is 0 Å². The topological polar surface area (TPSA) is 114 Å².